The van der Waals surface area contributed by atoms with E-state index >= 15 is 0 Å². The zero-order valence-corrected chi connectivity index (χ0v) is 10.5. The number of ether oxygens (including phenoxy) is 1. The Balaban J connectivity index is 2.27. The van der Waals surface area contributed by atoms with E-state index in [1.807, 2.05) is 0 Å². The Morgan fingerprint density at radius 1 is 1.10 bits per heavy atom. The second-order valence-electron chi connectivity index (χ2n) is 4.03. The topological polar surface area (TPSA) is 45.9 Å². The summed E-state index contributed by atoms with van der Waals surface area (Å²) in [6.07, 6.45) is -4.94. The summed E-state index contributed by atoms with van der Waals surface area (Å²) in [5.41, 5.74) is 0.842. The van der Waals surface area contributed by atoms with Crippen molar-refractivity contribution in [3.05, 3.63) is 47.9 Å². The molecule has 108 valence electrons. The Hall–Kier alpha value is -2.62. The van der Waals surface area contributed by atoms with Crippen molar-refractivity contribution in [2.75, 3.05) is 0 Å². The van der Waals surface area contributed by atoms with Crippen molar-refractivity contribution in [2.45, 2.75) is 12.8 Å². The first-order chi connectivity index (χ1) is 9.89. The van der Waals surface area contributed by atoms with Gasteiger partial charge in [-0.2, -0.15) is 5.26 Å². The lowest BCUT2D eigenvalue weighted by Gasteiger charge is -2.09. The van der Waals surface area contributed by atoms with Crippen LogP contribution in [0.5, 0.6) is 5.75 Å². The van der Waals surface area contributed by atoms with E-state index in [9.17, 15) is 17.6 Å². The number of alkyl halides is 3. The number of halogens is 4. The van der Waals surface area contributed by atoms with Crippen LogP contribution in [0, 0.1) is 17.1 Å². The van der Waals surface area contributed by atoms with Gasteiger partial charge in [0.05, 0.1) is 23.9 Å². The molecule has 21 heavy (non-hydrogen) atoms. The molecule has 0 fully saturated rings. The first kappa shape index (κ1) is 14.8. The summed E-state index contributed by atoms with van der Waals surface area (Å²) >= 11 is 0. The molecule has 2 aromatic rings. The molecular weight excluding hydrogens is 288 g/mol. The minimum absolute atomic E-state index is 0.00869. The molecule has 0 atom stereocenters. The van der Waals surface area contributed by atoms with Gasteiger partial charge in [-0.3, -0.25) is 0 Å². The summed E-state index contributed by atoms with van der Waals surface area (Å²) in [6.45, 7) is 0. The largest absolute Gasteiger partial charge is 0.573 e. The Morgan fingerprint density at radius 2 is 1.76 bits per heavy atom. The lowest BCUT2D eigenvalue weighted by molar-refractivity contribution is -0.274. The van der Waals surface area contributed by atoms with Gasteiger partial charge in [0.15, 0.2) is 0 Å². The van der Waals surface area contributed by atoms with Gasteiger partial charge in [0.2, 0.25) is 0 Å². The Bertz CT molecular complexity index is 675. The predicted octanol–water partition coefficient (Wildman–Crippen LogP) is 3.85. The maximum Gasteiger partial charge on any atom is 0.573 e. The third-order valence-electron chi connectivity index (χ3n) is 2.55. The van der Waals surface area contributed by atoms with Crippen LogP contribution in [0.15, 0.2) is 36.4 Å². The molecule has 7 heteroatoms. The number of rotatable bonds is 3. The van der Waals surface area contributed by atoms with Crippen LogP contribution >= 0.6 is 0 Å². The third-order valence-corrected chi connectivity index (χ3v) is 2.55. The number of aromatic nitrogens is 1. The fraction of sp³-hybridized carbons (Fsp3) is 0.143. The highest BCUT2D eigenvalue weighted by atomic mass is 19.4. The van der Waals surface area contributed by atoms with Crippen LogP contribution in [-0.2, 0) is 6.42 Å². The number of hydrogen-bond donors (Lipinski definition) is 0. The summed E-state index contributed by atoms with van der Waals surface area (Å²) in [5.74, 6) is -0.956. The summed E-state index contributed by atoms with van der Waals surface area (Å²) in [7, 11) is 0. The third kappa shape index (κ3) is 3.92. The fourth-order valence-electron chi connectivity index (χ4n) is 1.67. The van der Waals surface area contributed by atoms with E-state index < -0.39 is 12.2 Å². The predicted molar refractivity (Wildman–Crippen MR) is 65.6 cm³/mol. The van der Waals surface area contributed by atoms with Crippen LogP contribution in [0.2, 0.25) is 0 Å². The molecule has 0 spiro atoms. The van der Waals surface area contributed by atoms with E-state index in [2.05, 4.69) is 9.72 Å². The molecule has 1 aromatic heterocycles. The average molecular weight is 296 g/mol. The maximum absolute atomic E-state index is 13.4. The highest BCUT2D eigenvalue weighted by Gasteiger charge is 2.30. The molecule has 0 saturated carbocycles. The van der Waals surface area contributed by atoms with Crippen LogP contribution in [0.1, 0.15) is 5.69 Å². The van der Waals surface area contributed by atoms with E-state index in [-0.39, 0.29) is 17.9 Å². The van der Waals surface area contributed by atoms with E-state index in [4.69, 9.17) is 5.26 Å². The molecular formula is C14H8F4N2O. The van der Waals surface area contributed by atoms with Crippen molar-refractivity contribution in [2.24, 2.45) is 0 Å². The van der Waals surface area contributed by atoms with Gasteiger partial charge in [0, 0.05) is 5.56 Å². The first-order valence-corrected chi connectivity index (χ1v) is 5.77. The normalized spacial score (nSPS) is 11.0. The van der Waals surface area contributed by atoms with Crippen LogP contribution in [-0.4, -0.2) is 11.3 Å². The molecule has 0 radical (unpaired) electrons. The molecule has 3 nitrogen and oxygen atoms in total. The van der Waals surface area contributed by atoms with Gasteiger partial charge in [-0.05, 0) is 36.4 Å². The van der Waals surface area contributed by atoms with Crippen molar-refractivity contribution >= 4 is 0 Å². The zero-order chi connectivity index (χ0) is 15.5. The quantitative estimate of drug-likeness (QED) is 0.808. The molecule has 0 N–H and O–H groups in total. The van der Waals surface area contributed by atoms with Crippen molar-refractivity contribution in [1.82, 2.24) is 4.98 Å². The highest BCUT2D eigenvalue weighted by molar-refractivity contribution is 5.60. The number of benzene rings is 1. The molecule has 0 saturated heterocycles. The molecule has 1 aromatic carbocycles. The van der Waals surface area contributed by atoms with E-state index in [1.165, 1.54) is 18.2 Å². The number of nitriles is 1. The monoisotopic (exact) mass is 296 g/mol. The van der Waals surface area contributed by atoms with Gasteiger partial charge in [-0.15, -0.1) is 13.2 Å². The van der Waals surface area contributed by atoms with E-state index in [1.54, 1.807) is 6.07 Å². The Kier molecular flexibility index (Phi) is 4.08. The number of pyridine rings is 1. The van der Waals surface area contributed by atoms with Crippen molar-refractivity contribution in [3.63, 3.8) is 0 Å². The lowest BCUT2D eigenvalue weighted by atomic mass is 10.1. The molecule has 1 heterocycles. The van der Waals surface area contributed by atoms with Gasteiger partial charge in [-0.25, -0.2) is 9.37 Å². The smallest absolute Gasteiger partial charge is 0.406 e. The Morgan fingerprint density at radius 3 is 2.33 bits per heavy atom. The van der Waals surface area contributed by atoms with Crippen molar-refractivity contribution in [1.29, 1.82) is 5.26 Å². The van der Waals surface area contributed by atoms with Crippen LogP contribution in [0.3, 0.4) is 0 Å². The van der Waals surface area contributed by atoms with Gasteiger partial charge < -0.3 is 4.74 Å². The van der Waals surface area contributed by atoms with Crippen LogP contribution in [0.25, 0.3) is 11.3 Å². The average Bonchev–Trinajstić information content (AvgIpc) is 2.41. The molecule has 0 aliphatic heterocycles. The van der Waals surface area contributed by atoms with Crippen molar-refractivity contribution < 1.29 is 22.3 Å². The number of nitrogens with zero attached hydrogens (tertiary/aromatic N) is 2. The summed E-state index contributed by atoms with van der Waals surface area (Å²) in [5, 5.41) is 8.57. The molecule has 0 unspecified atom stereocenters. The van der Waals surface area contributed by atoms with E-state index in [0.29, 0.717) is 11.3 Å². The fourth-order valence-corrected chi connectivity index (χ4v) is 1.67. The highest BCUT2D eigenvalue weighted by Crippen LogP contribution is 2.26. The minimum Gasteiger partial charge on any atom is -0.406 e. The molecule has 2 rings (SSSR count). The molecule has 0 aliphatic carbocycles. The molecule has 0 aliphatic rings. The van der Waals surface area contributed by atoms with Gasteiger partial charge in [0.1, 0.15) is 11.6 Å². The molecule has 0 amide bonds. The molecule has 0 bridgehead atoms. The lowest BCUT2D eigenvalue weighted by Crippen LogP contribution is -2.16. The first-order valence-electron chi connectivity index (χ1n) is 5.77. The number of hydrogen-bond acceptors (Lipinski definition) is 3. The Labute approximate surface area is 117 Å². The van der Waals surface area contributed by atoms with Gasteiger partial charge in [0.25, 0.3) is 0 Å². The SMILES string of the molecule is N#CCc1nc(-c2ccc(OC(F)(F)F)cc2)ccc1F. The van der Waals surface area contributed by atoms with E-state index in [0.717, 1.165) is 18.2 Å². The van der Waals surface area contributed by atoms with Crippen molar-refractivity contribution in [3.8, 4) is 23.1 Å². The standard InChI is InChI=1S/C14H8F4N2O/c15-11-5-6-12(20-13(11)7-8-19)9-1-3-10(4-2-9)21-14(16,17)18/h1-6H,7H2. The zero-order valence-electron chi connectivity index (χ0n) is 10.5. The van der Waals surface area contributed by atoms with Crippen LogP contribution < -0.4 is 4.74 Å². The van der Waals surface area contributed by atoms with Gasteiger partial charge >= 0.3 is 6.36 Å². The second kappa shape index (κ2) is 5.79. The summed E-state index contributed by atoms with van der Waals surface area (Å²) < 4.78 is 53.2. The summed E-state index contributed by atoms with van der Waals surface area (Å²) in [6, 6.07) is 9.36. The minimum atomic E-state index is -4.75. The second-order valence-corrected chi connectivity index (χ2v) is 4.03. The van der Waals surface area contributed by atoms with Gasteiger partial charge in [-0.1, -0.05) is 0 Å². The van der Waals surface area contributed by atoms with Crippen LogP contribution in [0.4, 0.5) is 17.6 Å². The maximum atomic E-state index is 13.4. The summed E-state index contributed by atoms with van der Waals surface area (Å²) in [4.78, 5) is 3.98.